The number of nitriles is 1. The van der Waals surface area contributed by atoms with Crippen molar-refractivity contribution in [2.24, 2.45) is 0 Å². The molecule has 2 aromatic heterocycles. The smallest absolute Gasteiger partial charge is 0.257 e. The highest BCUT2D eigenvalue weighted by Gasteiger charge is 2.11. The first-order valence-electron chi connectivity index (χ1n) is 7.60. The second-order valence-electron chi connectivity index (χ2n) is 5.27. The molecule has 7 nitrogen and oxygen atoms in total. The van der Waals surface area contributed by atoms with E-state index >= 15 is 0 Å². The summed E-state index contributed by atoms with van der Waals surface area (Å²) in [6.07, 6.45) is 4.16. The lowest BCUT2D eigenvalue weighted by Gasteiger charge is -2.13. The molecule has 0 radical (unpaired) electrons. The quantitative estimate of drug-likeness (QED) is 0.753. The minimum atomic E-state index is -0.264. The van der Waals surface area contributed by atoms with Crippen LogP contribution in [0.15, 0.2) is 42.9 Å². The topological polar surface area (TPSA) is 95.1 Å². The zero-order valence-electron chi connectivity index (χ0n) is 13.2. The first-order valence-corrected chi connectivity index (χ1v) is 7.60. The van der Waals surface area contributed by atoms with Gasteiger partial charge in [0.05, 0.1) is 28.6 Å². The van der Waals surface area contributed by atoms with Gasteiger partial charge >= 0.3 is 0 Å². The number of anilines is 2. The van der Waals surface area contributed by atoms with Crippen molar-refractivity contribution in [1.82, 2.24) is 14.6 Å². The molecule has 0 fully saturated rings. The third kappa shape index (κ3) is 3.17. The molecule has 7 heteroatoms. The van der Waals surface area contributed by atoms with Gasteiger partial charge in [-0.3, -0.25) is 9.20 Å². The van der Waals surface area contributed by atoms with Crippen LogP contribution in [-0.4, -0.2) is 27.0 Å². The maximum Gasteiger partial charge on any atom is 0.257 e. The van der Waals surface area contributed by atoms with Gasteiger partial charge in [-0.1, -0.05) is 6.92 Å². The third-order valence-corrected chi connectivity index (χ3v) is 3.52. The van der Waals surface area contributed by atoms with E-state index in [0.717, 1.165) is 18.7 Å². The maximum absolute atomic E-state index is 12.5. The van der Waals surface area contributed by atoms with E-state index in [1.54, 1.807) is 40.9 Å². The van der Waals surface area contributed by atoms with Crippen LogP contribution in [-0.2, 0) is 0 Å². The molecule has 1 aromatic carbocycles. The van der Waals surface area contributed by atoms with Crippen LogP contribution >= 0.6 is 0 Å². The standard InChI is InChI=1S/C17H16N6O/c1-2-7-19-14-5-3-12(9-18)8-15(14)21-17(24)13-4-6-16-22-20-11-23(16)10-13/h3-6,8,10-11,19H,2,7H2,1H3,(H,21,24). The van der Waals surface area contributed by atoms with E-state index < -0.39 is 0 Å². The molecule has 3 aromatic rings. The van der Waals surface area contributed by atoms with E-state index in [9.17, 15) is 4.79 Å². The van der Waals surface area contributed by atoms with Crippen molar-refractivity contribution in [3.63, 3.8) is 0 Å². The number of amides is 1. The number of hydrogen-bond donors (Lipinski definition) is 2. The maximum atomic E-state index is 12.5. The molecule has 0 spiro atoms. The van der Waals surface area contributed by atoms with E-state index in [1.807, 2.05) is 0 Å². The molecule has 0 saturated carbocycles. The molecule has 0 aliphatic heterocycles. The Morgan fingerprint density at radius 1 is 1.29 bits per heavy atom. The van der Waals surface area contributed by atoms with Crippen LogP contribution in [0.25, 0.3) is 5.65 Å². The van der Waals surface area contributed by atoms with Crippen molar-refractivity contribution in [2.45, 2.75) is 13.3 Å². The summed E-state index contributed by atoms with van der Waals surface area (Å²) >= 11 is 0. The molecule has 24 heavy (non-hydrogen) atoms. The second kappa shape index (κ2) is 6.79. The molecule has 120 valence electrons. The summed E-state index contributed by atoms with van der Waals surface area (Å²) in [7, 11) is 0. The summed E-state index contributed by atoms with van der Waals surface area (Å²) in [5, 5.41) is 22.9. The molecular weight excluding hydrogens is 304 g/mol. The van der Waals surface area contributed by atoms with Crippen molar-refractivity contribution in [3.8, 4) is 6.07 Å². The van der Waals surface area contributed by atoms with Gasteiger partial charge in [-0.15, -0.1) is 10.2 Å². The molecule has 1 amide bonds. The fourth-order valence-electron chi connectivity index (χ4n) is 2.29. The predicted molar refractivity (Wildman–Crippen MR) is 90.9 cm³/mol. The van der Waals surface area contributed by atoms with Gasteiger partial charge in [0.1, 0.15) is 6.33 Å². The molecule has 2 N–H and O–H groups in total. The lowest BCUT2D eigenvalue weighted by Crippen LogP contribution is -2.14. The summed E-state index contributed by atoms with van der Waals surface area (Å²) < 4.78 is 1.68. The van der Waals surface area contributed by atoms with Crippen LogP contribution in [0.3, 0.4) is 0 Å². The van der Waals surface area contributed by atoms with Gasteiger partial charge in [0.2, 0.25) is 0 Å². The SMILES string of the molecule is CCCNc1ccc(C#N)cc1NC(=O)c1ccc2nncn2c1. The molecule has 2 heterocycles. The Bertz CT molecular complexity index is 924. The Kier molecular flexibility index (Phi) is 4.38. The van der Waals surface area contributed by atoms with Crippen LogP contribution in [0.1, 0.15) is 29.3 Å². The summed E-state index contributed by atoms with van der Waals surface area (Å²) in [5.41, 5.74) is 3.00. The molecule has 3 rings (SSSR count). The van der Waals surface area contributed by atoms with Gasteiger partial charge in [-0.05, 0) is 36.8 Å². The van der Waals surface area contributed by atoms with Crippen LogP contribution in [0.5, 0.6) is 0 Å². The number of aromatic nitrogens is 3. The Labute approximate surface area is 138 Å². The number of carbonyl (C=O) groups is 1. The van der Waals surface area contributed by atoms with Gasteiger partial charge in [-0.25, -0.2) is 0 Å². The van der Waals surface area contributed by atoms with Crippen molar-refractivity contribution in [3.05, 3.63) is 54.0 Å². The number of fused-ring (bicyclic) bond motifs is 1. The third-order valence-electron chi connectivity index (χ3n) is 3.52. The minimum absolute atomic E-state index is 0.264. The summed E-state index contributed by atoms with van der Waals surface area (Å²) in [4.78, 5) is 12.5. The highest BCUT2D eigenvalue weighted by Crippen LogP contribution is 2.24. The summed E-state index contributed by atoms with van der Waals surface area (Å²) in [6.45, 7) is 2.84. The number of pyridine rings is 1. The fraction of sp³-hybridized carbons (Fsp3) is 0.176. The molecule has 0 aliphatic rings. The Morgan fingerprint density at radius 3 is 2.96 bits per heavy atom. The molecule has 0 aliphatic carbocycles. The van der Waals surface area contributed by atoms with Crippen molar-refractivity contribution in [2.75, 3.05) is 17.2 Å². The van der Waals surface area contributed by atoms with E-state index in [0.29, 0.717) is 22.5 Å². The van der Waals surface area contributed by atoms with Crippen LogP contribution in [0.4, 0.5) is 11.4 Å². The first-order chi connectivity index (χ1) is 11.7. The summed E-state index contributed by atoms with van der Waals surface area (Å²) in [5.74, 6) is -0.264. The lowest BCUT2D eigenvalue weighted by molar-refractivity contribution is 0.102. The molecule has 0 atom stereocenters. The lowest BCUT2D eigenvalue weighted by atomic mass is 10.1. The Hall–Kier alpha value is -3.40. The van der Waals surface area contributed by atoms with Crippen molar-refractivity contribution in [1.29, 1.82) is 5.26 Å². The largest absolute Gasteiger partial charge is 0.383 e. The van der Waals surface area contributed by atoms with Crippen molar-refractivity contribution >= 4 is 22.9 Å². The van der Waals surface area contributed by atoms with Gasteiger partial charge < -0.3 is 10.6 Å². The highest BCUT2D eigenvalue weighted by molar-refractivity contribution is 6.06. The zero-order valence-corrected chi connectivity index (χ0v) is 13.2. The van der Waals surface area contributed by atoms with Crippen LogP contribution in [0.2, 0.25) is 0 Å². The minimum Gasteiger partial charge on any atom is -0.383 e. The second-order valence-corrected chi connectivity index (χ2v) is 5.27. The van der Waals surface area contributed by atoms with Crippen LogP contribution < -0.4 is 10.6 Å². The predicted octanol–water partition coefficient (Wildman–Crippen LogP) is 2.68. The summed E-state index contributed by atoms with van der Waals surface area (Å²) in [6, 6.07) is 10.7. The van der Waals surface area contributed by atoms with Crippen molar-refractivity contribution < 1.29 is 4.79 Å². The Balaban J connectivity index is 1.88. The monoisotopic (exact) mass is 320 g/mol. The van der Waals surface area contributed by atoms with Gasteiger partial charge in [0.15, 0.2) is 5.65 Å². The van der Waals surface area contributed by atoms with E-state index in [-0.39, 0.29) is 5.91 Å². The van der Waals surface area contributed by atoms with E-state index in [2.05, 4.69) is 33.8 Å². The molecular formula is C17H16N6O. The number of carbonyl (C=O) groups excluding carboxylic acids is 1. The molecule has 0 bridgehead atoms. The zero-order chi connectivity index (χ0) is 16.9. The number of hydrogen-bond acceptors (Lipinski definition) is 5. The first kappa shape index (κ1) is 15.5. The van der Waals surface area contributed by atoms with E-state index in [1.165, 1.54) is 6.33 Å². The van der Waals surface area contributed by atoms with Gasteiger partial charge in [0, 0.05) is 12.7 Å². The average Bonchev–Trinajstić information content (AvgIpc) is 3.08. The van der Waals surface area contributed by atoms with Crippen LogP contribution in [0, 0.1) is 11.3 Å². The average molecular weight is 320 g/mol. The number of rotatable bonds is 5. The molecule has 0 saturated heterocycles. The number of nitrogens with zero attached hydrogens (tertiary/aromatic N) is 4. The number of benzene rings is 1. The normalized spacial score (nSPS) is 10.3. The highest BCUT2D eigenvalue weighted by atomic mass is 16.1. The number of nitrogens with one attached hydrogen (secondary N) is 2. The van der Waals surface area contributed by atoms with Gasteiger partial charge in [0.25, 0.3) is 5.91 Å². The Morgan fingerprint density at radius 2 is 2.17 bits per heavy atom. The van der Waals surface area contributed by atoms with Gasteiger partial charge in [-0.2, -0.15) is 5.26 Å². The fourth-order valence-corrected chi connectivity index (χ4v) is 2.29. The van der Waals surface area contributed by atoms with E-state index in [4.69, 9.17) is 5.26 Å². The molecule has 0 unspecified atom stereocenters.